The van der Waals surface area contributed by atoms with Crippen molar-refractivity contribution in [3.8, 4) is 0 Å². The van der Waals surface area contributed by atoms with E-state index in [-0.39, 0.29) is 42.7 Å². The number of anilines is 1. The smallest absolute Gasteiger partial charge is 0.256 e. The first-order valence-electron chi connectivity index (χ1n) is 9.89. The Hall–Kier alpha value is -3.05. The largest absolute Gasteiger partial charge is 0.384 e. The van der Waals surface area contributed by atoms with Gasteiger partial charge in [0.1, 0.15) is 5.82 Å². The molecule has 2 amide bonds. The number of carbonyl (C=O) groups is 2. The van der Waals surface area contributed by atoms with Crippen molar-refractivity contribution in [1.82, 2.24) is 19.8 Å². The fraction of sp³-hybridized carbons (Fsp3) is 0.400. The molecule has 0 radical (unpaired) electrons. The molecular formula is C20H23N5O5S. The number of hydrogen-bond acceptors (Lipinski definition) is 8. The van der Waals surface area contributed by atoms with Crippen molar-refractivity contribution in [2.45, 2.75) is 17.8 Å². The normalized spacial score (nSPS) is 22.8. The molecule has 2 aromatic heterocycles. The summed E-state index contributed by atoms with van der Waals surface area (Å²) in [5, 5.41) is -1.17. The van der Waals surface area contributed by atoms with Crippen molar-refractivity contribution >= 4 is 27.5 Å². The molecule has 2 aliphatic rings. The van der Waals surface area contributed by atoms with Gasteiger partial charge in [0.25, 0.3) is 11.8 Å². The zero-order chi connectivity index (χ0) is 22.0. The summed E-state index contributed by atoms with van der Waals surface area (Å²) in [7, 11) is -3.67. The van der Waals surface area contributed by atoms with E-state index in [2.05, 4.69) is 9.97 Å². The average Bonchev–Trinajstić information content (AvgIpc) is 3.30. The third kappa shape index (κ3) is 4.37. The van der Waals surface area contributed by atoms with Crippen LogP contribution in [0.2, 0.25) is 0 Å². The number of pyridine rings is 2. The third-order valence-corrected chi connectivity index (χ3v) is 7.47. The summed E-state index contributed by atoms with van der Waals surface area (Å²) < 4.78 is 31.5. The number of sulfone groups is 1. The van der Waals surface area contributed by atoms with Crippen molar-refractivity contribution in [1.29, 1.82) is 0 Å². The predicted octanol–water partition coefficient (Wildman–Crippen LogP) is 0.187. The summed E-state index contributed by atoms with van der Waals surface area (Å²) in [6.45, 7) is 0.591. The molecule has 0 bridgehead atoms. The molecular weight excluding hydrogens is 422 g/mol. The van der Waals surface area contributed by atoms with Crippen LogP contribution in [0.4, 0.5) is 5.82 Å². The lowest BCUT2D eigenvalue weighted by molar-refractivity contribution is 0.0524. The molecule has 31 heavy (non-hydrogen) atoms. The van der Waals surface area contributed by atoms with Crippen molar-refractivity contribution in [2.75, 3.05) is 37.8 Å². The van der Waals surface area contributed by atoms with Gasteiger partial charge in [-0.1, -0.05) is 0 Å². The van der Waals surface area contributed by atoms with Gasteiger partial charge in [-0.25, -0.2) is 13.4 Å². The summed E-state index contributed by atoms with van der Waals surface area (Å²) in [5.74, 6) is -0.759. The number of nitrogens with two attached hydrogens (primary N) is 1. The van der Waals surface area contributed by atoms with Crippen LogP contribution >= 0.6 is 0 Å². The van der Waals surface area contributed by atoms with E-state index in [0.29, 0.717) is 18.6 Å². The van der Waals surface area contributed by atoms with Crippen molar-refractivity contribution in [3.05, 3.63) is 54.0 Å². The first kappa shape index (κ1) is 21.2. The van der Waals surface area contributed by atoms with Crippen molar-refractivity contribution in [3.63, 3.8) is 0 Å². The van der Waals surface area contributed by atoms with Gasteiger partial charge in [-0.15, -0.1) is 0 Å². The Bertz CT molecular complexity index is 1060. The molecule has 2 saturated heterocycles. The molecule has 2 atom stereocenters. The standard InChI is InChI=1S/C20H23N5O5S/c21-17-4-3-15(11-23-17)19(26)24-7-9-31(28,29)18(12-24)25(16-5-8-30-13-16)20(27)14-2-1-6-22-10-14/h1-4,6,10-11,16,18H,5,7-9,12-13H2,(H2,21,23). The van der Waals surface area contributed by atoms with Crippen molar-refractivity contribution in [2.24, 2.45) is 0 Å². The first-order chi connectivity index (χ1) is 14.9. The van der Waals surface area contributed by atoms with Crippen LogP contribution < -0.4 is 5.73 Å². The third-order valence-electron chi connectivity index (χ3n) is 5.51. The van der Waals surface area contributed by atoms with Gasteiger partial charge in [0, 0.05) is 31.7 Å². The molecule has 0 saturated carbocycles. The Morgan fingerprint density at radius 2 is 2.03 bits per heavy atom. The maximum absolute atomic E-state index is 13.3. The van der Waals surface area contributed by atoms with Gasteiger partial charge >= 0.3 is 0 Å². The van der Waals surface area contributed by atoms with Crippen LogP contribution in [0.5, 0.6) is 0 Å². The molecule has 2 aliphatic heterocycles. The fourth-order valence-corrected chi connectivity index (χ4v) is 5.61. The second-order valence-corrected chi connectivity index (χ2v) is 9.79. The van der Waals surface area contributed by atoms with Crippen LogP contribution in [0, 0.1) is 0 Å². The maximum atomic E-state index is 13.3. The summed E-state index contributed by atoms with van der Waals surface area (Å²) >= 11 is 0. The minimum Gasteiger partial charge on any atom is -0.384 e. The Morgan fingerprint density at radius 1 is 1.19 bits per heavy atom. The zero-order valence-electron chi connectivity index (χ0n) is 16.8. The molecule has 2 fully saturated rings. The summed E-state index contributed by atoms with van der Waals surface area (Å²) in [6, 6.07) is 5.87. The topological polar surface area (TPSA) is 136 Å². The lowest BCUT2D eigenvalue weighted by Gasteiger charge is -2.41. The highest BCUT2D eigenvalue weighted by Gasteiger charge is 2.44. The van der Waals surface area contributed by atoms with Gasteiger partial charge in [0.2, 0.25) is 0 Å². The SMILES string of the molecule is Nc1ccc(C(=O)N2CCS(=O)(=O)C(N(C(=O)c3cccnc3)C3CCOC3)C2)cn1. The van der Waals surface area contributed by atoms with E-state index < -0.39 is 27.2 Å². The number of aromatic nitrogens is 2. The van der Waals surface area contributed by atoms with E-state index in [0.717, 1.165) is 0 Å². The number of hydrogen-bond donors (Lipinski definition) is 1. The Kier molecular flexibility index (Phi) is 5.88. The summed E-state index contributed by atoms with van der Waals surface area (Å²) in [5.41, 5.74) is 6.18. The van der Waals surface area contributed by atoms with Crippen LogP contribution in [0.15, 0.2) is 42.9 Å². The van der Waals surface area contributed by atoms with Gasteiger partial charge < -0.3 is 20.3 Å². The number of carbonyl (C=O) groups excluding carboxylic acids is 2. The number of nitrogen functional groups attached to an aromatic ring is 1. The molecule has 0 aromatic carbocycles. The second-order valence-electron chi connectivity index (χ2n) is 7.52. The van der Waals surface area contributed by atoms with E-state index in [1.54, 1.807) is 18.2 Å². The van der Waals surface area contributed by atoms with E-state index in [4.69, 9.17) is 10.5 Å². The quantitative estimate of drug-likeness (QED) is 0.704. The van der Waals surface area contributed by atoms with Gasteiger partial charge in [-0.3, -0.25) is 14.6 Å². The molecule has 2 N–H and O–H groups in total. The van der Waals surface area contributed by atoms with Crippen LogP contribution in [0.1, 0.15) is 27.1 Å². The van der Waals surface area contributed by atoms with Crippen LogP contribution in [-0.2, 0) is 14.6 Å². The summed E-state index contributed by atoms with van der Waals surface area (Å²) in [4.78, 5) is 37.0. The van der Waals surface area contributed by atoms with Crippen LogP contribution in [-0.4, -0.2) is 83.5 Å². The molecule has 11 heteroatoms. The predicted molar refractivity (Wildman–Crippen MR) is 112 cm³/mol. The number of rotatable bonds is 4. The van der Waals surface area contributed by atoms with E-state index >= 15 is 0 Å². The minimum atomic E-state index is -3.67. The van der Waals surface area contributed by atoms with E-state index in [1.165, 1.54) is 34.5 Å². The number of nitrogens with zero attached hydrogens (tertiary/aromatic N) is 4. The van der Waals surface area contributed by atoms with E-state index in [1.807, 2.05) is 0 Å². The van der Waals surface area contributed by atoms with Gasteiger partial charge in [-0.05, 0) is 30.7 Å². The van der Waals surface area contributed by atoms with E-state index in [9.17, 15) is 18.0 Å². The van der Waals surface area contributed by atoms with Crippen LogP contribution in [0.3, 0.4) is 0 Å². The molecule has 10 nitrogen and oxygen atoms in total. The minimum absolute atomic E-state index is 0.0398. The lowest BCUT2D eigenvalue weighted by atomic mass is 10.1. The molecule has 0 spiro atoms. The Labute approximate surface area is 179 Å². The van der Waals surface area contributed by atoms with Crippen LogP contribution in [0.25, 0.3) is 0 Å². The zero-order valence-corrected chi connectivity index (χ0v) is 17.6. The summed E-state index contributed by atoms with van der Waals surface area (Å²) in [6.07, 6.45) is 4.83. The maximum Gasteiger partial charge on any atom is 0.256 e. The molecule has 4 rings (SSSR count). The van der Waals surface area contributed by atoms with Crippen molar-refractivity contribution < 1.29 is 22.7 Å². The molecule has 2 unspecified atom stereocenters. The monoisotopic (exact) mass is 445 g/mol. The highest BCUT2D eigenvalue weighted by molar-refractivity contribution is 7.92. The first-order valence-corrected chi connectivity index (χ1v) is 11.6. The van der Waals surface area contributed by atoms with Gasteiger partial charge in [-0.2, -0.15) is 0 Å². The second kappa shape index (κ2) is 8.60. The Balaban J connectivity index is 1.65. The number of amides is 2. The molecule has 4 heterocycles. The molecule has 2 aromatic rings. The number of ether oxygens (including phenoxy) is 1. The highest BCUT2D eigenvalue weighted by Crippen LogP contribution is 2.26. The van der Waals surface area contributed by atoms with Gasteiger partial charge in [0.15, 0.2) is 15.2 Å². The molecule has 164 valence electrons. The molecule has 0 aliphatic carbocycles. The highest BCUT2D eigenvalue weighted by atomic mass is 32.2. The average molecular weight is 446 g/mol. The Morgan fingerprint density at radius 3 is 2.68 bits per heavy atom. The lowest BCUT2D eigenvalue weighted by Crippen LogP contribution is -2.60. The fourth-order valence-electron chi connectivity index (χ4n) is 3.84. The van der Waals surface area contributed by atoms with Gasteiger partial charge in [0.05, 0.1) is 36.1 Å².